The highest BCUT2D eigenvalue weighted by Crippen LogP contribution is 2.35. The van der Waals surface area contributed by atoms with E-state index in [1.54, 1.807) is 60.8 Å². The van der Waals surface area contributed by atoms with Crippen molar-refractivity contribution in [1.82, 2.24) is 4.98 Å². The summed E-state index contributed by atoms with van der Waals surface area (Å²) in [5, 5.41) is 8.47. The first-order valence-electron chi connectivity index (χ1n) is 27.3. The lowest BCUT2D eigenvalue weighted by atomic mass is 10.1. The predicted octanol–water partition coefficient (Wildman–Crippen LogP) is 15.8. The number of halogens is 1. The van der Waals surface area contributed by atoms with Crippen LogP contribution in [0.2, 0.25) is 0 Å². The van der Waals surface area contributed by atoms with Crippen LogP contribution in [0.1, 0.15) is 50.2 Å². The van der Waals surface area contributed by atoms with Gasteiger partial charge in [0.25, 0.3) is 0 Å². The molecule has 4 heterocycles. The van der Waals surface area contributed by atoms with Crippen molar-refractivity contribution in [1.29, 1.82) is 0 Å². The molecule has 0 saturated carbocycles. The fourth-order valence-electron chi connectivity index (χ4n) is 8.43. The standard InChI is InChI=1S/C25H18N2O3.C24H18FNO3.C23H18N2O3/c1-26-21-10-4-19(5-11-21)9-15-25(28)27-22-12-6-18(7-13-22)2-3-20-8-14-23-24(16-20)30-17-29-23;25-20-9-3-18(4-10-20)8-14-24(27)26-21-11-5-17(6-12-21)1-2-19-7-13-22-23(15-19)29-16-28-22;26-23(13-11-19-3-1-2-14-24-19)25-20-9-6-17(7-10-20)4-5-18-8-12-21-22(15-18)28-16-27-21/h2-16H,17H2,(H,27,28);1-15H,16H2,(H,26,27);1-15H,16H2,(H,25,26)/b3-2+,15-9+;2-1+,14-8+;5-4+,13-11+. The van der Waals surface area contributed by atoms with E-state index in [0.29, 0.717) is 17.1 Å². The first kappa shape index (κ1) is 58.2. The Kier molecular flexibility index (Phi) is 19.6. The van der Waals surface area contributed by atoms with E-state index in [9.17, 15) is 18.8 Å². The number of hydrogen-bond acceptors (Lipinski definition) is 10. The van der Waals surface area contributed by atoms with E-state index in [4.69, 9.17) is 35.0 Å². The molecular formula is C72H54FN5O9. The number of pyridine rings is 1. The van der Waals surface area contributed by atoms with Gasteiger partial charge in [-0.3, -0.25) is 19.4 Å². The molecule has 3 amide bonds. The van der Waals surface area contributed by atoms with Crippen molar-refractivity contribution in [2.24, 2.45) is 0 Å². The Hall–Kier alpha value is -12.0. The number of carbonyl (C=O) groups excluding carboxylic acids is 3. The van der Waals surface area contributed by atoms with Crippen molar-refractivity contribution in [2.45, 2.75) is 0 Å². The van der Waals surface area contributed by atoms with Gasteiger partial charge in [0.15, 0.2) is 40.2 Å². The van der Waals surface area contributed by atoms with Gasteiger partial charge in [0.2, 0.25) is 38.1 Å². The molecule has 0 bridgehead atoms. The Morgan fingerprint density at radius 2 is 0.701 bits per heavy atom. The molecule has 0 spiro atoms. The number of anilines is 3. The third kappa shape index (κ3) is 17.7. The molecule has 0 radical (unpaired) electrons. The molecule has 3 aliphatic heterocycles. The molecule has 3 aliphatic rings. The van der Waals surface area contributed by atoms with Gasteiger partial charge in [0, 0.05) is 41.5 Å². The number of ether oxygens (including phenoxy) is 6. The Bertz CT molecular complexity index is 4100. The summed E-state index contributed by atoms with van der Waals surface area (Å²) in [5.74, 6) is 3.59. The summed E-state index contributed by atoms with van der Waals surface area (Å²) in [5.41, 5.74) is 11.2. The van der Waals surface area contributed by atoms with Crippen LogP contribution in [-0.4, -0.2) is 43.1 Å². The van der Waals surface area contributed by atoms with E-state index >= 15 is 0 Å². The van der Waals surface area contributed by atoms with Gasteiger partial charge in [0.1, 0.15) is 5.82 Å². The zero-order chi connectivity index (χ0) is 60.0. The maximum Gasteiger partial charge on any atom is 0.248 e. The molecule has 428 valence electrons. The van der Waals surface area contributed by atoms with Gasteiger partial charge in [-0.2, -0.15) is 0 Å². The molecule has 8 aromatic carbocycles. The van der Waals surface area contributed by atoms with Crippen LogP contribution in [0, 0.1) is 12.4 Å². The molecule has 87 heavy (non-hydrogen) atoms. The maximum absolute atomic E-state index is 12.9. The number of carbonyl (C=O) groups is 3. The third-order valence-corrected chi connectivity index (χ3v) is 13.0. The van der Waals surface area contributed by atoms with E-state index in [0.717, 1.165) is 90.4 Å². The van der Waals surface area contributed by atoms with Crippen molar-refractivity contribution in [3.63, 3.8) is 0 Å². The summed E-state index contributed by atoms with van der Waals surface area (Å²) in [7, 11) is 0. The average Bonchev–Trinajstić information content (AvgIpc) is 4.40. The van der Waals surface area contributed by atoms with Crippen molar-refractivity contribution >= 4 is 95.2 Å². The number of fused-ring (bicyclic) bond motifs is 3. The van der Waals surface area contributed by atoms with E-state index in [2.05, 4.69) is 25.8 Å². The van der Waals surface area contributed by atoms with Crippen LogP contribution in [0.5, 0.6) is 34.5 Å². The molecule has 3 N–H and O–H groups in total. The van der Waals surface area contributed by atoms with Crippen molar-refractivity contribution in [2.75, 3.05) is 36.3 Å². The van der Waals surface area contributed by atoms with Crippen LogP contribution in [0.25, 0.3) is 59.5 Å². The Morgan fingerprint density at radius 3 is 1.07 bits per heavy atom. The van der Waals surface area contributed by atoms with Crippen molar-refractivity contribution in [3.05, 3.63) is 286 Å². The molecule has 0 aliphatic carbocycles. The number of hydrogen-bond donors (Lipinski definition) is 3. The van der Waals surface area contributed by atoms with Gasteiger partial charge in [-0.15, -0.1) is 0 Å². The number of aromatic nitrogens is 1. The van der Waals surface area contributed by atoms with Crippen LogP contribution in [0.4, 0.5) is 27.1 Å². The molecular weight excluding hydrogens is 1100 g/mol. The second-order valence-corrected chi connectivity index (χ2v) is 19.2. The third-order valence-electron chi connectivity index (χ3n) is 13.0. The van der Waals surface area contributed by atoms with Gasteiger partial charge < -0.3 is 44.4 Å². The smallest absolute Gasteiger partial charge is 0.248 e. The van der Waals surface area contributed by atoms with Crippen LogP contribution in [-0.2, 0) is 14.4 Å². The van der Waals surface area contributed by atoms with E-state index in [-0.39, 0.29) is 43.9 Å². The highest BCUT2D eigenvalue weighted by molar-refractivity contribution is 6.03. The van der Waals surface area contributed by atoms with E-state index in [1.807, 2.05) is 182 Å². The lowest BCUT2D eigenvalue weighted by Crippen LogP contribution is -2.07. The number of benzene rings is 8. The number of nitrogens with one attached hydrogen (secondary N) is 3. The van der Waals surface area contributed by atoms with E-state index in [1.165, 1.54) is 30.4 Å². The second kappa shape index (κ2) is 29.3. The molecule has 14 nitrogen and oxygen atoms in total. The van der Waals surface area contributed by atoms with Gasteiger partial charge in [-0.1, -0.05) is 134 Å². The highest BCUT2D eigenvalue weighted by atomic mass is 19.1. The minimum Gasteiger partial charge on any atom is -0.454 e. The average molecular weight is 1150 g/mol. The monoisotopic (exact) mass is 1150 g/mol. The first-order chi connectivity index (χ1) is 42.6. The molecule has 9 aromatic rings. The molecule has 0 fully saturated rings. The summed E-state index contributed by atoms with van der Waals surface area (Å²) in [6, 6.07) is 58.7. The van der Waals surface area contributed by atoms with Crippen LogP contribution < -0.4 is 44.4 Å². The summed E-state index contributed by atoms with van der Waals surface area (Å²) in [6.07, 6.45) is 23.0. The molecule has 15 heteroatoms. The summed E-state index contributed by atoms with van der Waals surface area (Å²) < 4.78 is 45.0. The highest BCUT2D eigenvalue weighted by Gasteiger charge is 2.15. The van der Waals surface area contributed by atoms with Gasteiger partial charge in [-0.05, 0) is 160 Å². The SMILES string of the molecule is O=C(/C=C/c1ccc(F)cc1)Nc1ccc(/C=C/c2ccc3c(c2)OCO3)cc1.O=C(/C=C/c1ccccn1)Nc1ccc(/C=C/c2ccc3c(c2)OCO3)cc1.[C-]#[N+]c1ccc(/C=C/C(=O)Nc2ccc(/C=C/c3ccc4c(c3)OCO4)cc2)cc1. The lowest BCUT2D eigenvalue weighted by molar-refractivity contribution is -0.112. The fraction of sp³-hybridized carbons (Fsp3) is 0.0417. The Labute approximate surface area is 501 Å². The topological polar surface area (TPSA) is 160 Å². The van der Waals surface area contributed by atoms with Gasteiger partial charge in [-0.25, -0.2) is 9.24 Å². The lowest BCUT2D eigenvalue weighted by Gasteiger charge is -2.03. The first-order valence-corrected chi connectivity index (χ1v) is 27.3. The Balaban J connectivity index is 0.000000145. The van der Waals surface area contributed by atoms with Crippen LogP contribution in [0.3, 0.4) is 0 Å². The minimum absolute atomic E-state index is 0.200. The normalized spacial score (nSPS) is 12.5. The summed E-state index contributed by atoms with van der Waals surface area (Å²) >= 11 is 0. The summed E-state index contributed by atoms with van der Waals surface area (Å²) in [4.78, 5) is 43.7. The van der Waals surface area contributed by atoms with Gasteiger partial charge >= 0.3 is 0 Å². The molecule has 12 rings (SSSR count). The van der Waals surface area contributed by atoms with Crippen LogP contribution in [0.15, 0.2) is 219 Å². The largest absolute Gasteiger partial charge is 0.454 e. The molecule has 0 atom stereocenters. The van der Waals surface area contributed by atoms with Gasteiger partial charge in [0.05, 0.1) is 12.3 Å². The molecule has 1 aromatic heterocycles. The number of nitrogens with zero attached hydrogens (tertiary/aromatic N) is 2. The number of rotatable bonds is 15. The summed E-state index contributed by atoms with van der Waals surface area (Å²) in [6.45, 7) is 7.74. The maximum atomic E-state index is 12.9. The fourth-order valence-corrected chi connectivity index (χ4v) is 8.43. The van der Waals surface area contributed by atoms with E-state index < -0.39 is 0 Å². The minimum atomic E-state index is -0.306. The van der Waals surface area contributed by atoms with Crippen LogP contribution >= 0.6 is 0 Å². The quantitative estimate of drug-likeness (QED) is 0.0512. The number of amides is 3. The molecule has 0 saturated heterocycles. The zero-order valence-corrected chi connectivity index (χ0v) is 46.5. The van der Waals surface area contributed by atoms with Crippen molar-refractivity contribution < 1.29 is 47.2 Å². The molecule has 0 unspecified atom stereocenters. The predicted molar refractivity (Wildman–Crippen MR) is 340 cm³/mol. The zero-order valence-electron chi connectivity index (χ0n) is 46.5. The van der Waals surface area contributed by atoms with Crippen molar-refractivity contribution in [3.8, 4) is 34.5 Å². The Morgan fingerprint density at radius 1 is 0.379 bits per heavy atom. The second-order valence-electron chi connectivity index (χ2n) is 19.2.